The van der Waals surface area contributed by atoms with Crippen molar-refractivity contribution in [3.05, 3.63) is 58.2 Å². The normalized spacial score (nSPS) is 17.4. The van der Waals surface area contributed by atoms with Crippen LogP contribution < -0.4 is 0 Å². The van der Waals surface area contributed by atoms with Gasteiger partial charge in [0, 0.05) is 17.8 Å². The van der Waals surface area contributed by atoms with Crippen LogP contribution in [0.1, 0.15) is 64.4 Å². The maximum atomic E-state index is 11.4. The van der Waals surface area contributed by atoms with Crippen molar-refractivity contribution in [1.29, 1.82) is 0 Å². The summed E-state index contributed by atoms with van der Waals surface area (Å²) in [6, 6.07) is 8.06. The molecule has 2 heterocycles. The third-order valence-corrected chi connectivity index (χ3v) is 4.60. The summed E-state index contributed by atoms with van der Waals surface area (Å²) in [5.74, 6) is 0.208. The summed E-state index contributed by atoms with van der Waals surface area (Å²) >= 11 is 0. The molecule has 4 rings (SSSR count). The standard InChI is InChI=1S/C10H12N2O.C10H11NO/c1-7-5-6-8-3-2-4-9(12-13)10(8)11-7;1-7-5-6-8-3-2-4-9(12)10(8)11-7/h5-6,13H,2-4H2,1H3;5-6H,2-4H2,1H3/b12-9+;. The highest BCUT2D eigenvalue weighted by atomic mass is 16.4. The first-order chi connectivity index (χ1) is 12.1. The van der Waals surface area contributed by atoms with Gasteiger partial charge in [0.1, 0.15) is 11.4 Å². The molecular weight excluding hydrogens is 314 g/mol. The minimum absolute atomic E-state index is 0.208. The van der Waals surface area contributed by atoms with E-state index in [4.69, 9.17) is 5.21 Å². The van der Waals surface area contributed by atoms with Crippen LogP contribution in [0.2, 0.25) is 0 Å². The van der Waals surface area contributed by atoms with Gasteiger partial charge in [-0.3, -0.25) is 9.78 Å². The zero-order chi connectivity index (χ0) is 17.8. The van der Waals surface area contributed by atoms with Crippen LogP contribution in [-0.4, -0.2) is 26.7 Å². The third kappa shape index (κ3) is 3.92. The van der Waals surface area contributed by atoms with Crippen LogP contribution in [0.5, 0.6) is 0 Å². The van der Waals surface area contributed by atoms with E-state index in [1.54, 1.807) is 0 Å². The molecule has 2 aromatic rings. The van der Waals surface area contributed by atoms with Crippen LogP contribution in [0.15, 0.2) is 29.4 Å². The molecule has 2 aliphatic carbocycles. The van der Waals surface area contributed by atoms with Crippen molar-refractivity contribution >= 4 is 11.5 Å². The Bertz CT molecular complexity index is 828. The highest BCUT2D eigenvalue weighted by Crippen LogP contribution is 2.20. The number of rotatable bonds is 0. The summed E-state index contributed by atoms with van der Waals surface area (Å²) in [5, 5.41) is 12.1. The Morgan fingerprint density at radius 1 is 0.840 bits per heavy atom. The number of aromatic nitrogens is 2. The van der Waals surface area contributed by atoms with Crippen molar-refractivity contribution in [3.8, 4) is 0 Å². The van der Waals surface area contributed by atoms with Gasteiger partial charge >= 0.3 is 0 Å². The number of hydrogen-bond donors (Lipinski definition) is 1. The lowest BCUT2D eigenvalue weighted by Crippen LogP contribution is -2.14. The number of hydrogen-bond acceptors (Lipinski definition) is 5. The maximum absolute atomic E-state index is 11.4. The molecule has 0 spiro atoms. The molecule has 2 aromatic heterocycles. The minimum atomic E-state index is 0.208. The summed E-state index contributed by atoms with van der Waals surface area (Å²) in [6.07, 6.45) is 5.59. The van der Waals surface area contributed by atoms with Gasteiger partial charge in [0.15, 0.2) is 5.78 Å². The van der Waals surface area contributed by atoms with E-state index < -0.39 is 0 Å². The molecule has 2 aliphatic rings. The van der Waals surface area contributed by atoms with Crippen molar-refractivity contribution in [2.45, 2.75) is 52.4 Å². The fraction of sp³-hybridized carbons (Fsp3) is 0.400. The predicted octanol–water partition coefficient (Wildman–Crippen LogP) is 3.81. The molecule has 25 heavy (non-hydrogen) atoms. The quantitative estimate of drug-likeness (QED) is 0.586. The highest BCUT2D eigenvalue weighted by Gasteiger charge is 2.18. The lowest BCUT2D eigenvalue weighted by Gasteiger charge is -2.15. The Labute approximate surface area is 147 Å². The number of aryl methyl sites for hydroxylation is 4. The summed E-state index contributed by atoms with van der Waals surface area (Å²) in [6.45, 7) is 3.87. The number of fused-ring (bicyclic) bond motifs is 2. The molecular formula is C20H23N3O2. The number of carbonyl (C=O) groups is 1. The average molecular weight is 337 g/mol. The Kier molecular flexibility index (Phi) is 5.22. The van der Waals surface area contributed by atoms with Gasteiger partial charge in [0.2, 0.25) is 0 Å². The first-order valence-electron chi connectivity index (χ1n) is 8.76. The first-order valence-corrected chi connectivity index (χ1v) is 8.76. The van der Waals surface area contributed by atoms with Crippen molar-refractivity contribution in [1.82, 2.24) is 9.97 Å². The molecule has 5 heteroatoms. The van der Waals surface area contributed by atoms with Gasteiger partial charge in [-0.05, 0) is 69.2 Å². The molecule has 0 saturated carbocycles. The summed E-state index contributed by atoms with van der Waals surface area (Å²) in [5.41, 5.74) is 6.55. The van der Waals surface area contributed by atoms with E-state index in [0.717, 1.165) is 60.5 Å². The van der Waals surface area contributed by atoms with E-state index >= 15 is 0 Å². The molecule has 0 atom stereocenters. The Hall–Kier alpha value is -2.56. The third-order valence-electron chi connectivity index (χ3n) is 4.60. The van der Waals surface area contributed by atoms with Gasteiger partial charge < -0.3 is 5.21 Å². The molecule has 0 aromatic carbocycles. The maximum Gasteiger partial charge on any atom is 0.181 e. The van der Waals surface area contributed by atoms with Gasteiger partial charge in [-0.1, -0.05) is 17.3 Å². The zero-order valence-corrected chi connectivity index (χ0v) is 14.7. The van der Waals surface area contributed by atoms with Crippen molar-refractivity contribution in [3.63, 3.8) is 0 Å². The monoisotopic (exact) mass is 337 g/mol. The fourth-order valence-electron chi connectivity index (χ4n) is 3.29. The number of ketones is 1. The van der Waals surface area contributed by atoms with E-state index in [-0.39, 0.29) is 5.78 Å². The van der Waals surface area contributed by atoms with Gasteiger partial charge in [-0.2, -0.15) is 0 Å². The van der Waals surface area contributed by atoms with E-state index in [1.165, 1.54) is 5.56 Å². The number of Topliss-reactive ketones (excluding diaryl/α,β-unsaturated/α-hetero) is 1. The van der Waals surface area contributed by atoms with Crippen LogP contribution in [0.25, 0.3) is 0 Å². The Balaban J connectivity index is 0.000000146. The van der Waals surface area contributed by atoms with Crippen LogP contribution in [0, 0.1) is 13.8 Å². The molecule has 130 valence electrons. The molecule has 1 N–H and O–H groups in total. The first kappa shape index (κ1) is 17.3. The molecule has 0 unspecified atom stereocenters. The second kappa shape index (κ2) is 7.55. The van der Waals surface area contributed by atoms with Crippen LogP contribution in [-0.2, 0) is 12.8 Å². The van der Waals surface area contributed by atoms with Gasteiger partial charge in [-0.15, -0.1) is 0 Å². The van der Waals surface area contributed by atoms with E-state index in [2.05, 4.69) is 21.2 Å². The van der Waals surface area contributed by atoms with Gasteiger partial charge in [-0.25, -0.2) is 4.98 Å². The second-order valence-corrected chi connectivity index (χ2v) is 6.60. The molecule has 5 nitrogen and oxygen atoms in total. The smallest absolute Gasteiger partial charge is 0.181 e. The van der Waals surface area contributed by atoms with Crippen LogP contribution >= 0.6 is 0 Å². The zero-order valence-electron chi connectivity index (χ0n) is 14.7. The van der Waals surface area contributed by atoms with Crippen molar-refractivity contribution < 1.29 is 10.0 Å². The molecule has 0 fully saturated rings. The van der Waals surface area contributed by atoms with E-state index in [9.17, 15) is 4.79 Å². The minimum Gasteiger partial charge on any atom is -0.411 e. The topological polar surface area (TPSA) is 75.4 Å². The number of oxime groups is 1. The average Bonchev–Trinajstić information content (AvgIpc) is 2.62. The number of nitrogens with zero attached hydrogens (tertiary/aromatic N) is 3. The van der Waals surface area contributed by atoms with Crippen LogP contribution in [0.4, 0.5) is 0 Å². The van der Waals surface area contributed by atoms with Gasteiger partial charge in [0.05, 0.1) is 5.69 Å². The van der Waals surface area contributed by atoms with Crippen molar-refractivity contribution in [2.24, 2.45) is 5.16 Å². The summed E-state index contributed by atoms with van der Waals surface area (Å²) in [4.78, 5) is 20.0. The largest absolute Gasteiger partial charge is 0.411 e. The Morgan fingerprint density at radius 3 is 2.04 bits per heavy atom. The second-order valence-electron chi connectivity index (χ2n) is 6.60. The number of pyridine rings is 2. The fourth-order valence-corrected chi connectivity index (χ4v) is 3.29. The molecule has 0 aliphatic heterocycles. The summed E-state index contributed by atoms with van der Waals surface area (Å²) < 4.78 is 0. The molecule has 0 bridgehead atoms. The number of carbonyl (C=O) groups excluding carboxylic acids is 1. The van der Waals surface area contributed by atoms with E-state index in [1.807, 2.05) is 32.0 Å². The molecule has 0 amide bonds. The SMILES string of the molecule is Cc1ccc2c(n1)/C(=N/O)CCC2.Cc1ccc2c(n1)C(=O)CCC2. The predicted molar refractivity (Wildman–Crippen MR) is 96.5 cm³/mol. The lowest BCUT2D eigenvalue weighted by atomic mass is 9.94. The lowest BCUT2D eigenvalue weighted by molar-refractivity contribution is 0.0967. The summed E-state index contributed by atoms with van der Waals surface area (Å²) in [7, 11) is 0. The van der Waals surface area contributed by atoms with Crippen LogP contribution in [0.3, 0.4) is 0 Å². The molecule has 0 saturated heterocycles. The highest BCUT2D eigenvalue weighted by molar-refractivity contribution is 6.00. The van der Waals surface area contributed by atoms with E-state index in [0.29, 0.717) is 12.1 Å². The molecule has 0 radical (unpaired) electrons. The Morgan fingerprint density at radius 2 is 1.40 bits per heavy atom. The van der Waals surface area contributed by atoms with Crippen molar-refractivity contribution in [2.75, 3.05) is 0 Å². The van der Waals surface area contributed by atoms with Gasteiger partial charge in [0.25, 0.3) is 0 Å².